The van der Waals surface area contributed by atoms with Crippen LogP contribution in [0.2, 0.25) is 0 Å². The van der Waals surface area contributed by atoms with E-state index in [9.17, 15) is 4.79 Å². The molecule has 0 bridgehead atoms. The van der Waals surface area contributed by atoms with Crippen LogP contribution in [-0.2, 0) is 6.54 Å². The predicted octanol–water partition coefficient (Wildman–Crippen LogP) is 4.75. The molecule has 35 heavy (non-hydrogen) atoms. The molecule has 10 heteroatoms. The number of carbonyl (C=O) groups is 1. The van der Waals surface area contributed by atoms with Crippen LogP contribution in [0.15, 0.2) is 66.6 Å². The lowest BCUT2D eigenvalue weighted by molar-refractivity contribution is 0.102. The van der Waals surface area contributed by atoms with E-state index in [1.54, 1.807) is 39.1 Å². The molecule has 0 radical (unpaired) electrons. The molecule has 0 aliphatic rings. The van der Waals surface area contributed by atoms with E-state index in [4.69, 9.17) is 9.47 Å². The fraction of sp³-hybridized carbons (Fsp3) is 0.200. The van der Waals surface area contributed by atoms with Gasteiger partial charge in [-0.05, 0) is 49.1 Å². The molecule has 0 fully saturated rings. The summed E-state index contributed by atoms with van der Waals surface area (Å²) in [5.41, 5.74) is 3.37. The summed E-state index contributed by atoms with van der Waals surface area (Å²) in [7, 11) is 0. The summed E-state index contributed by atoms with van der Waals surface area (Å²) in [6.07, 6.45) is 6.62. The van der Waals surface area contributed by atoms with Crippen LogP contribution in [-0.4, -0.2) is 43.5 Å². The summed E-state index contributed by atoms with van der Waals surface area (Å²) in [6, 6.07) is 11.7. The highest BCUT2D eigenvalue weighted by Crippen LogP contribution is 2.29. The van der Waals surface area contributed by atoms with Gasteiger partial charge in [-0.3, -0.25) is 9.48 Å². The maximum Gasteiger partial charge on any atom is 0.261 e. The number of ether oxygens (including phenoxy) is 2. The van der Waals surface area contributed by atoms with E-state index < -0.39 is 0 Å². The number of hydrogen-bond donors (Lipinski definition) is 1. The SMILES string of the molecule is CCOc1ccc(Cn2cc(NC(=O)c3cnn4c(-c5cccs5)ccnc34)cn2)cc1OCC. The van der Waals surface area contributed by atoms with Crippen LogP contribution in [0.5, 0.6) is 11.5 Å². The quantitative estimate of drug-likeness (QED) is 0.322. The molecule has 5 aromatic rings. The standard InChI is InChI=1S/C25H24N6O3S/c1-3-33-21-8-7-17(12-22(21)34-4-2)15-30-16-18(13-27-30)29-25(32)19-14-28-31-20(9-10-26-24(19)31)23-6-5-11-35-23/h5-14,16H,3-4,15H2,1-2H3,(H,29,32). The molecule has 178 valence electrons. The van der Waals surface area contributed by atoms with Gasteiger partial charge in [-0.1, -0.05) is 12.1 Å². The minimum atomic E-state index is -0.296. The van der Waals surface area contributed by atoms with Gasteiger partial charge in [0.2, 0.25) is 0 Å². The lowest BCUT2D eigenvalue weighted by atomic mass is 10.2. The molecule has 1 aromatic carbocycles. The van der Waals surface area contributed by atoms with Crippen LogP contribution in [0.25, 0.3) is 16.2 Å². The van der Waals surface area contributed by atoms with Crippen molar-refractivity contribution in [3.05, 3.63) is 77.7 Å². The predicted molar refractivity (Wildman–Crippen MR) is 134 cm³/mol. The van der Waals surface area contributed by atoms with Gasteiger partial charge in [-0.25, -0.2) is 9.50 Å². The third kappa shape index (κ3) is 4.73. The van der Waals surface area contributed by atoms with Gasteiger partial charge in [0.15, 0.2) is 17.1 Å². The van der Waals surface area contributed by atoms with Crippen molar-refractivity contribution < 1.29 is 14.3 Å². The number of benzene rings is 1. The summed E-state index contributed by atoms with van der Waals surface area (Å²) in [4.78, 5) is 18.4. The number of aromatic nitrogens is 5. The van der Waals surface area contributed by atoms with E-state index in [1.807, 2.05) is 55.6 Å². The topological polar surface area (TPSA) is 95.6 Å². The Bertz CT molecular complexity index is 1460. The fourth-order valence-corrected chi connectivity index (χ4v) is 4.49. The van der Waals surface area contributed by atoms with Crippen molar-refractivity contribution in [2.45, 2.75) is 20.4 Å². The third-order valence-corrected chi connectivity index (χ3v) is 6.16. The van der Waals surface area contributed by atoms with Crippen molar-refractivity contribution in [3.8, 4) is 22.1 Å². The molecule has 5 rings (SSSR count). The number of hydrogen-bond acceptors (Lipinski definition) is 7. The number of nitrogens with zero attached hydrogens (tertiary/aromatic N) is 5. The first-order valence-electron chi connectivity index (χ1n) is 11.2. The minimum absolute atomic E-state index is 0.296. The zero-order chi connectivity index (χ0) is 24.2. The van der Waals surface area contributed by atoms with Gasteiger partial charge in [0.25, 0.3) is 5.91 Å². The summed E-state index contributed by atoms with van der Waals surface area (Å²) in [5, 5.41) is 13.7. The second kappa shape index (κ2) is 9.98. The van der Waals surface area contributed by atoms with Crippen LogP contribution in [0.3, 0.4) is 0 Å². The molecule has 0 spiro atoms. The largest absolute Gasteiger partial charge is 0.490 e. The van der Waals surface area contributed by atoms with Gasteiger partial charge in [0.1, 0.15) is 5.56 Å². The van der Waals surface area contributed by atoms with E-state index in [1.165, 1.54) is 6.20 Å². The zero-order valence-corrected chi connectivity index (χ0v) is 20.2. The Kier molecular flexibility index (Phi) is 6.44. The number of anilines is 1. The highest BCUT2D eigenvalue weighted by Gasteiger charge is 2.17. The van der Waals surface area contributed by atoms with Gasteiger partial charge < -0.3 is 14.8 Å². The van der Waals surface area contributed by atoms with Crippen molar-refractivity contribution in [2.75, 3.05) is 18.5 Å². The lowest BCUT2D eigenvalue weighted by Gasteiger charge is -2.12. The van der Waals surface area contributed by atoms with Crippen LogP contribution < -0.4 is 14.8 Å². The number of carbonyl (C=O) groups excluding carboxylic acids is 1. The fourth-order valence-electron chi connectivity index (χ4n) is 3.76. The Morgan fingerprint density at radius 2 is 1.91 bits per heavy atom. The average Bonchev–Trinajstić information content (AvgIpc) is 3.62. The number of nitrogens with one attached hydrogen (secondary N) is 1. The third-order valence-electron chi connectivity index (χ3n) is 5.26. The Labute approximate surface area is 206 Å². The molecule has 4 heterocycles. The Morgan fingerprint density at radius 3 is 2.71 bits per heavy atom. The minimum Gasteiger partial charge on any atom is -0.490 e. The molecule has 9 nitrogen and oxygen atoms in total. The molecule has 0 atom stereocenters. The van der Waals surface area contributed by atoms with Crippen LogP contribution in [0.1, 0.15) is 29.8 Å². The van der Waals surface area contributed by atoms with Gasteiger partial charge >= 0.3 is 0 Å². The summed E-state index contributed by atoms with van der Waals surface area (Å²) in [5.74, 6) is 1.13. The maximum absolute atomic E-state index is 13.0. The van der Waals surface area contributed by atoms with Crippen LogP contribution >= 0.6 is 11.3 Å². The van der Waals surface area contributed by atoms with Gasteiger partial charge in [-0.15, -0.1) is 11.3 Å². The molecule has 0 unspecified atom stereocenters. The average molecular weight is 489 g/mol. The van der Waals surface area contributed by atoms with Crippen molar-refractivity contribution in [1.29, 1.82) is 0 Å². The van der Waals surface area contributed by atoms with E-state index in [0.717, 1.165) is 21.9 Å². The first-order chi connectivity index (χ1) is 17.2. The zero-order valence-electron chi connectivity index (χ0n) is 19.3. The van der Waals surface area contributed by atoms with E-state index in [-0.39, 0.29) is 5.91 Å². The highest BCUT2D eigenvalue weighted by molar-refractivity contribution is 7.13. The van der Waals surface area contributed by atoms with Gasteiger partial charge in [-0.2, -0.15) is 10.2 Å². The smallest absolute Gasteiger partial charge is 0.261 e. The Balaban J connectivity index is 1.31. The molecule has 0 aliphatic heterocycles. The van der Waals surface area contributed by atoms with E-state index >= 15 is 0 Å². The van der Waals surface area contributed by atoms with E-state index in [2.05, 4.69) is 20.5 Å². The first-order valence-corrected chi connectivity index (χ1v) is 12.1. The van der Waals surface area contributed by atoms with Gasteiger partial charge in [0, 0.05) is 12.4 Å². The monoisotopic (exact) mass is 488 g/mol. The molecule has 4 aromatic heterocycles. The number of amides is 1. The molecule has 0 saturated carbocycles. The number of rotatable bonds is 9. The van der Waals surface area contributed by atoms with Crippen LogP contribution in [0, 0.1) is 0 Å². The highest BCUT2D eigenvalue weighted by atomic mass is 32.1. The second-order valence-corrected chi connectivity index (χ2v) is 8.58. The van der Waals surface area contributed by atoms with Crippen molar-refractivity contribution in [2.24, 2.45) is 0 Å². The Morgan fingerprint density at radius 1 is 1.06 bits per heavy atom. The van der Waals surface area contributed by atoms with Crippen LogP contribution in [0.4, 0.5) is 5.69 Å². The summed E-state index contributed by atoms with van der Waals surface area (Å²) < 4.78 is 14.8. The van der Waals surface area contributed by atoms with E-state index in [0.29, 0.717) is 42.4 Å². The second-order valence-electron chi connectivity index (χ2n) is 7.63. The molecule has 1 amide bonds. The van der Waals surface area contributed by atoms with Crippen molar-refractivity contribution >= 4 is 28.6 Å². The first kappa shape index (κ1) is 22.6. The maximum atomic E-state index is 13.0. The molecule has 0 aliphatic carbocycles. The normalized spacial score (nSPS) is 11.0. The summed E-state index contributed by atoms with van der Waals surface area (Å²) >= 11 is 1.61. The molecular formula is C25H24N6O3S. The summed E-state index contributed by atoms with van der Waals surface area (Å²) in [6.45, 7) is 5.51. The van der Waals surface area contributed by atoms with Crippen molar-refractivity contribution in [1.82, 2.24) is 24.4 Å². The molecule has 0 saturated heterocycles. The molecule has 1 N–H and O–H groups in total. The van der Waals surface area contributed by atoms with Gasteiger partial charge in [0.05, 0.1) is 48.4 Å². The lowest BCUT2D eigenvalue weighted by Crippen LogP contribution is -2.11. The molecular weight excluding hydrogens is 464 g/mol. The number of thiophene rings is 1. The number of fused-ring (bicyclic) bond motifs is 1. The van der Waals surface area contributed by atoms with Crippen molar-refractivity contribution in [3.63, 3.8) is 0 Å². The Hall–Kier alpha value is -4.18.